The number of rotatable bonds is 3. The van der Waals surface area contributed by atoms with Crippen LogP contribution in [0.2, 0.25) is 0 Å². The fraction of sp³-hybridized carbons (Fsp3) is 0.250. The molecule has 1 heterocycles. The van der Waals surface area contributed by atoms with E-state index in [-0.39, 0.29) is 0 Å². The Balaban J connectivity index is 1.71. The molecule has 98 valence electrons. The Kier molecular flexibility index (Phi) is 3.47. The standard InChI is InChI=1S/C16H15BrO2/c1-11-8-13(17)6-7-15(11)18-9-12-10-19-16-5-3-2-4-14(12)16/h2-8,12H,9-10H2,1H3. The maximum Gasteiger partial charge on any atom is 0.123 e. The zero-order valence-electron chi connectivity index (χ0n) is 10.7. The van der Waals surface area contributed by atoms with Crippen LogP contribution in [0.5, 0.6) is 11.5 Å². The first kappa shape index (κ1) is 12.5. The van der Waals surface area contributed by atoms with Crippen LogP contribution < -0.4 is 9.47 Å². The summed E-state index contributed by atoms with van der Waals surface area (Å²) in [6.07, 6.45) is 0. The largest absolute Gasteiger partial charge is 0.493 e. The van der Waals surface area contributed by atoms with Gasteiger partial charge in [-0.05, 0) is 36.8 Å². The van der Waals surface area contributed by atoms with Gasteiger partial charge in [-0.1, -0.05) is 34.1 Å². The van der Waals surface area contributed by atoms with Crippen LogP contribution in [-0.4, -0.2) is 13.2 Å². The monoisotopic (exact) mass is 318 g/mol. The van der Waals surface area contributed by atoms with Gasteiger partial charge >= 0.3 is 0 Å². The normalized spacial score (nSPS) is 16.8. The molecule has 0 saturated heterocycles. The molecule has 0 aliphatic carbocycles. The molecule has 0 bridgehead atoms. The molecule has 3 heteroatoms. The van der Waals surface area contributed by atoms with Gasteiger partial charge in [-0.25, -0.2) is 0 Å². The molecule has 3 rings (SSSR count). The van der Waals surface area contributed by atoms with Gasteiger partial charge in [0.25, 0.3) is 0 Å². The average Bonchev–Trinajstić information content (AvgIpc) is 2.81. The van der Waals surface area contributed by atoms with Gasteiger partial charge in [0.2, 0.25) is 0 Å². The van der Waals surface area contributed by atoms with E-state index in [1.807, 2.05) is 30.3 Å². The first-order valence-electron chi connectivity index (χ1n) is 6.35. The second-order valence-corrected chi connectivity index (χ2v) is 5.68. The lowest BCUT2D eigenvalue weighted by Crippen LogP contribution is -2.12. The van der Waals surface area contributed by atoms with Crippen molar-refractivity contribution in [3.63, 3.8) is 0 Å². The molecule has 0 spiro atoms. The molecule has 1 atom stereocenters. The fourth-order valence-corrected chi connectivity index (χ4v) is 2.81. The molecule has 2 aromatic rings. The highest BCUT2D eigenvalue weighted by atomic mass is 79.9. The Bertz CT molecular complexity index is 595. The predicted octanol–water partition coefficient (Wildman–Crippen LogP) is 4.31. The third-order valence-corrected chi connectivity index (χ3v) is 3.87. The van der Waals surface area contributed by atoms with Crippen LogP contribution in [0, 0.1) is 6.92 Å². The van der Waals surface area contributed by atoms with Crippen molar-refractivity contribution in [1.29, 1.82) is 0 Å². The molecule has 2 aromatic carbocycles. The quantitative estimate of drug-likeness (QED) is 0.839. The second-order valence-electron chi connectivity index (χ2n) is 4.77. The van der Waals surface area contributed by atoms with Gasteiger partial charge in [0.05, 0.1) is 19.1 Å². The molecule has 1 aliphatic rings. The molecule has 0 amide bonds. The van der Waals surface area contributed by atoms with Crippen LogP contribution in [0.25, 0.3) is 0 Å². The van der Waals surface area contributed by atoms with Gasteiger partial charge in [-0.2, -0.15) is 0 Å². The Hall–Kier alpha value is -1.48. The highest BCUT2D eigenvalue weighted by Gasteiger charge is 2.24. The van der Waals surface area contributed by atoms with Crippen LogP contribution in [0.4, 0.5) is 0 Å². The van der Waals surface area contributed by atoms with E-state index in [0.717, 1.165) is 21.5 Å². The number of aryl methyl sites for hydroxylation is 1. The van der Waals surface area contributed by atoms with E-state index in [9.17, 15) is 0 Å². The molecule has 0 radical (unpaired) electrons. The summed E-state index contributed by atoms with van der Waals surface area (Å²) in [7, 11) is 0. The minimum atomic E-state index is 0.319. The molecule has 19 heavy (non-hydrogen) atoms. The summed E-state index contributed by atoms with van der Waals surface area (Å²) in [5.74, 6) is 2.25. The van der Waals surface area contributed by atoms with E-state index in [2.05, 4.69) is 35.0 Å². The number of fused-ring (bicyclic) bond motifs is 1. The number of ether oxygens (including phenoxy) is 2. The van der Waals surface area contributed by atoms with E-state index in [0.29, 0.717) is 19.1 Å². The van der Waals surface area contributed by atoms with Crippen molar-refractivity contribution in [2.24, 2.45) is 0 Å². The van der Waals surface area contributed by atoms with Crippen LogP contribution >= 0.6 is 15.9 Å². The summed E-state index contributed by atoms with van der Waals surface area (Å²) in [5, 5.41) is 0. The van der Waals surface area contributed by atoms with Crippen LogP contribution in [0.1, 0.15) is 17.0 Å². The zero-order chi connectivity index (χ0) is 13.2. The summed E-state index contributed by atoms with van der Waals surface area (Å²) >= 11 is 3.46. The topological polar surface area (TPSA) is 18.5 Å². The van der Waals surface area contributed by atoms with Crippen molar-refractivity contribution >= 4 is 15.9 Å². The van der Waals surface area contributed by atoms with Gasteiger partial charge in [0.15, 0.2) is 0 Å². The van der Waals surface area contributed by atoms with Crippen molar-refractivity contribution in [1.82, 2.24) is 0 Å². The maximum absolute atomic E-state index is 5.93. The van der Waals surface area contributed by atoms with Crippen molar-refractivity contribution in [2.45, 2.75) is 12.8 Å². The number of hydrogen-bond acceptors (Lipinski definition) is 2. The number of para-hydroxylation sites is 1. The predicted molar refractivity (Wildman–Crippen MR) is 79.1 cm³/mol. The molecule has 2 nitrogen and oxygen atoms in total. The molecule has 1 unspecified atom stereocenters. The Morgan fingerprint density at radius 3 is 2.95 bits per heavy atom. The molecule has 0 fully saturated rings. The summed E-state index contributed by atoms with van der Waals surface area (Å²) in [6.45, 7) is 3.41. The smallest absolute Gasteiger partial charge is 0.123 e. The molecular weight excluding hydrogens is 304 g/mol. The lowest BCUT2D eigenvalue weighted by atomic mass is 10.0. The first-order chi connectivity index (χ1) is 9.24. The summed E-state index contributed by atoms with van der Waals surface area (Å²) in [4.78, 5) is 0. The van der Waals surface area contributed by atoms with Gasteiger partial charge in [0.1, 0.15) is 11.5 Å². The van der Waals surface area contributed by atoms with Crippen molar-refractivity contribution in [2.75, 3.05) is 13.2 Å². The molecule has 1 aliphatic heterocycles. The lowest BCUT2D eigenvalue weighted by Gasteiger charge is -2.13. The molecular formula is C16H15BrO2. The van der Waals surface area contributed by atoms with Gasteiger partial charge < -0.3 is 9.47 Å². The van der Waals surface area contributed by atoms with E-state index in [1.165, 1.54) is 5.56 Å². The highest BCUT2D eigenvalue weighted by molar-refractivity contribution is 9.10. The van der Waals surface area contributed by atoms with E-state index < -0.39 is 0 Å². The van der Waals surface area contributed by atoms with Crippen molar-refractivity contribution in [3.8, 4) is 11.5 Å². The van der Waals surface area contributed by atoms with Gasteiger partial charge in [-0.15, -0.1) is 0 Å². The lowest BCUT2D eigenvalue weighted by molar-refractivity contribution is 0.247. The van der Waals surface area contributed by atoms with Crippen LogP contribution in [0.15, 0.2) is 46.9 Å². The highest BCUT2D eigenvalue weighted by Crippen LogP contribution is 2.34. The zero-order valence-corrected chi connectivity index (χ0v) is 12.3. The molecule has 0 saturated carbocycles. The van der Waals surface area contributed by atoms with Gasteiger partial charge in [0, 0.05) is 10.0 Å². The number of halogens is 1. The molecule has 0 aromatic heterocycles. The Morgan fingerprint density at radius 2 is 2.11 bits per heavy atom. The maximum atomic E-state index is 5.93. The van der Waals surface area contributed by atoms with Gasteiger partial charge in [-0.3, -0.25) is 0 Å². The Morgan fingerprint density at radius 1 is 1.26 bits per heavy atom. The van der Waals surface area contributed by atoms with E-state index >= 15 is 0 Å². The van der Waals surface area contributed by atoms with Crippen LogP contribution in [0.3, 0.4) is 0 Å². The third-order valence-electron chi connectivity index (χ3n) is 3.38. The second kappa shape index (κ2) is 5.25. The van der Waals surface area contributed by atoms with Crippen molar-refractivity contribution < 1.29 is 9.47 Å². The fourth-order valence-electron chi connectivity index (χ4n) is 2.33. The summed E-state index contributed by atoms with van der Waals surface area (Å²) in [5.41, 5.74) is 2.39. The number of hydrogen-bond donors (Lipinski definition) is 0. The van der Waals surface area contributed by atoms with Crippen LogP contribution in [-0.2, 0) is 0 Å². The first-order valence-corrected chi connectivity index (χ1v) is 7.14. The SMILES string of the molecule is Cc1cc(Br)ccc1OCC1COc2ccccc21. The Labute approximate surface area is 121 Å². The molecule has 0 N–H and O–H groups in total. The third kappa shape index (κ3) is 2.61. The average molecular weight is 319 g/mol. The van der Waals surface area contributed by atoms with E-state index in [1.54, 1.807) is 0 Å². The minimum Gasteiger partial charge on any atom is -0.493 e. The minimum absolute atomic E-state index is 0.319. The summed E-state index contributed by atoms with van der Waals surface area (Å²) in [6, 6.07) is 14.2. The van der Waals surface area contributed by atoms with E-state index in [4.69, 9.17) is 9.47 Å². The number of benzene rings is 2. The summed E-state index contributed by atoms with van der Waals surface area (Å²) < 4.78 is 12.7. The van der Waals surface area contributed by atoms with Crippen molar-refractivity contribution in [3.05, 3.63) is 58.1 Å².